The summed E-state index contributed by atoms with van der Waals surface area (Å²) in [4.78, 5) is 82.6. The Labute approximate surface area is 404 Å². The van der Waals surface area contributed by atoms with Crippen LogP contribution in [0.2, 0.25) is 0 Å². The lowest BCUT2D eigenvalue weighted by Gasteiger charge is -2.42. The second kappa shape index (κ2) is 24.4. The number of amides is 6. The zero-order chi connectivity index (χ0) is 51.3. The molecule has 2 aliphatic heterocycles. The maximum absolute atomic E-state index is 13.6. The summed E-state index contributed by atoms with van der Waals surface area (Å²) in [7, 11) is 0. The zero-order valence-electron chi connectivity index (χ0n) is 46.2. The first-order chi connectivity index (χ1) is 30.0. The molecule has 0 bridgehead atoms. The molecule has 0 spiro atoms. The van der Waals surface area contributed by atoms with Gasteiger partial charge in [-0.1, -0.05) is 89.5 Å². The molecule has 12 nitrogen and oxygen atoms in total. The van der Waals surface area contributed by atoms with Crippen LogP contribution >= 0.6 is 0 Å². The highest BCUT2D eigenvalue weighted by Gasteiger charge is 2.48. The van der Waals surface area contributed by atoms with Gasteiger partial charge >= 0.3 is 0 Å². The van der Waals surface area contributed by atoms with Crippen LogP contribution in [0.4, 0.5) is 0 Å². The molecule has 0 aromatic carbocycles. The standard InChI is InChI=1S/C28H53N3O3.C26H49N3O3/c1-11-27(9,24(34)30-26(7,8)19-25(4,5)6)20-28(10,23(33)29-12-2)18-21(3)31-17-15-13-14-16-22(31)32;1-11-25(9,22(32)28-24(7,8)17-23(4,5)6)18-26(10,21(31)27-12-2)16-19(3)29-15-13-14-20(29)30/h21H,11-20H2,1-10H3,(H,29,33)(H,30,34);19H,11-18H2,1-10H3,(H,27,31)(H,28,32). The van der Waals surface area contributed by atoms with E-state index in [1.54, 1.807) is 0 Å². The number of rotatable bonds is 22. The number of nitrogens with one attached hydrogen (secondary N) is 4. The first-order valence-electron chi connectivity index (χ1n) is 25.8. The average Bonchev–Trinajstić information content (AvgIpc) is 3.47. The predicted octanol–water partition coefficient (Wildman–Crippen LogP) is 10.1. The van der Waals surface area contributed by atoms with Gasteiger partial charge in [0, 0.05) is 83.8 Å². The summed E-state index contributed by atoms with van der Waals surface area (Å²) in [6, 6.07) is -0.0983. The minimum atomic E-state index is -0.766. The Bertz CT molecular complexity index is 1630. The van der Waals surface area contributed by atoms with Gasteiger partial charge in [-0.3, -0.25) is 28.8 Å². The molecule has 2 rings (SSSR count). The molecule has 2 saturated heterocycles. The molecule has 0 saturated carbocycles. The van der Waals surface area contributed by atoms with Crippen LogP contribution in [-0.2, 0) is 28.8 Å². The van der Waals surface area contributed by atoms with E-state index in [9.17, 15) is 28.8 Å². The first kappa shape index (κ1) is 60.8. The maximum Gasteiger partial charge on any atom is 0.226 e. The smallest absolute Gasteiger partial charge is 0.226 e. The van der Waals surface area contributed by atoms with Crippen LogP contribution < -0.4 is 21.3 Å². The summed E-state index contributed by atoms with van der Waals surface area (Å²) in [6.45, 7) is 43.7. The molecular weight excluding hydrogens is 829 g/mol. The Kier molecular flexibility index (Phi) is 22.5. The molecule has 4 N–H and O–H groups in total. The van der Waals surface area contributed by atoms with Crippen molar-refractivity contribution in [3.05, 3.63) is 0 Å². The number of carbonyl (C=O) groups excluding carboxylic acids is 6. The van der Waals surface area contributed by atoms with E-state index >= 15 is 0 Å². The number of likely N-dealkylation sites (tertiary alicyclic amines) is 2. The molecule has 6 atom stereocenters. The van der Waals surface area contributed by atoms with Gasteiger partial charge in [-0.2, -0.15) is 0 Å². The fourth-order valence-corrected chi connectivity index (χ4v) is 11.5. The Morgan fingerprint density at radius 1 is 0.470 bits per heavy atom. The molecule has 0 aromatic heterocycles. The Morgan fingerprint density at radius 2 is 0.803 bits per heavy atom. The molecular formula is C54H102N6O6. The molecule has 12 heteroatoms. The average molecular weight is 931 g/mol. The first-order valence-corrected chi connectivity index (χ1v) is 25.8. The quantitative estimate of drug-likeness (QED) is 0.0847. The van der Waals surface area contributed by atoms with Crippen LogP contribution in [0.3, 0.4) is 0 Å². The van der Waals surface area contributed by atoms with Gasteiger partial charge in [0.15, 0.2) is 0 Å². The predicted molar refractivity (Wildman–Crippen MR) is 271 cm³/mol. The van der Waals surface area contributed by atoms with E-state index in [0.717, 1.165) is 51.6 Å². The summed E-state index contributed by atoms with van der Waals surface area (Å²) < 4.78 is 0. The van der Waals surface area contributed by atoms with Crippen LogP contribution in [0, 0.1) is 32.5 Å². The summed E-state index contributed by atoms with van der Waals surface area (Å²) in [5.41, 5.74) is -3.42. The summed E-state index contributed by atoms with van der Waals surface area (Å²) in [5.74, 6) is 0.261. The molecule has 6 unspecified atom stereocenters. The van der Waals surface area contributed by atoms with Gasteiger partial charge in [0.1, 0.15) is 0 Å². The van der Waals surface area contributed by atoms with Crippen LogP contribution in [0.15, 0.2) is 0 Å². The van der Waals surface area contributed by atoms with Crippen molar-refractivity contribution in [1.29, 1.82) is 0 Å². The van der Waals surface area contributed by atoms with Crippen LogP contribution in [0.5, 0.6) is 0 Å². The van der Waals surface area contributed by atoms with Crippen molar-refractivity contribution in [2.24, 2.45) is 32.5 Å². The number of nitrogens with zero attached hydrogens (tertiary/aromatic N) is 2. The molecule has 384 valence electrons. The van der Waals surface area contributed by atoms with Gasteiger partial charge in [0.05, 0.1) is 0 Å². The molecule has 6 amide bonds. The molecule has 2 fully saturated rings. The number of hydrogen-bond acceptors (Lipinski definition) is 6. The monoisotopic (exact) mass is 931 g/mol. The maximum atomic E-state index is 13.6. The van der Waals surface area contributed by atoms with Gasteiger partial charge in [0.25, 0.3) is 0 Å². The van der Waals surface area contributed by atoms with Crippen LogP contribution in [0.1, 0.15) is 228 Å². The van der Waals surface area contributed by atoms with Gasteiger partial charge in [0.2, 0.25) is 35.4 Å². The van der Waals surface area contributed by atoms with Crippen molar-refractivity contribution in [2.75, 3.05) is 26.2 Å². The SMILES string of the molecule is CCNC(=O)C(C)(CC(C)N1CCCC1=O)CC(C)(CC)C(=O)NC(C)(C)CC(C)(C)C.CCNC(=O)C(C)(CC(C)N1CCCCCC1=O)CC(C)(CC)C(=O)NC(C)(C)CC(C)(C)C. The highest BCUT2D eigenvalue weighted by atomic mass is 16.2. The van der Waals surface area contributed by atoms with E-state index in [4.69, 9.17) is 0 Å². The van der Waals surface area contributed by atoms with Crippen molar-refractivity contribution in [3.63, 3.8) is 0 Å². The molecule has 0 aliphatic carbocycles. The normalized spacial score (nSPS) is 19.9. The molecule has 0 aromatic rings. The second-order valence-electron chi connectivity index (χ2n) is 25.4. The third-order valence-electron chi connectivity index (χ3n) is 14.1. The van der Waals surface area contributed by atoms with Crippen LogP contribution in [-0.4, -0.2) is 94.6 Å². The Hall–Kier alpha value is -3.18. The van der Waals surface area contributed by atoms with E-state index in [1.807, 2.05) is 72.1 Å². The summed E-state index contributed by atoms with van der Waals surface area (Å²) in [5, 5.41) is 12.6. The van der Waals surface area contributed by atoms with Crippen molar-refractivity contribution in [2.45, 2.75) is 252 Å². The highest BCUT2D eigenvalue weighted by Crippen LogP contribution is 2.44. The van der Waals surface area contributed by atoms with E-state index in [-0.39, 0.29) is 69.4 Å². The minimum Gasteiger partial charge on any atom is -0.356 e. The summed E-state index contributed by atoms with van der Waals surface area (Å²) in [6.07, 6.45) is 9.99. The van der Waals surface area contributed by atoms with Gasteiger partial charge in [-0.25, -0.2) is 0 Å². The lowest BCUT2D eigenvalue weighted by molar-refractivity contribution is -0.142. The lowest BCUT2D eigenvalue weighted by Crippen LogP contribution is -2.54. The Morgan fingerprint density at radius 3 is 1.11 bits per heavy atom. The van der Waals surface area contributed by atoms with E-state index in [2.05, 4.69) is 97.4 Å². The number of hydrogen-bond donors (Lipinski definition) is 4. The lowest BCUT2D eigenvalue weighted by atomic mass is 9.67. The largest absolute Gasteiger partial charge is 0.356 e. The van der Waals surface area contributed by atoms with Crippen molar-refractivity contribution < 1.29 is 28.8 Å². The highest BCUT2D eigenvalue weighted by molar-refractivity contribution is 5.88. The van der Waals surface area contributed by atoms with Crippen molar-refractivity contribution >= 4 is 35.4 Å². The third kappa shape index (κ3) is 19.1. The van der Waals surface area contributed by atoms with E-state index < -0.39 is 21.7 Å². The zero-order valence-corrected chi connectivity index (χ0v) is 46.2. The topological polar surface area (TPSA) is 157 Å². The molecule has 2 aliphatic rings. The molecule has 66 heavy (non-hydrogen) atoms. The van der Waals surface area contributed by atoms with E-state index in [0.29, 0.717) is 64.5 Å². The fourth-order valence-electron chi connectivity index (χ4n) is 11.5. The Balaban J connectivity index is 0.000000661. The molecule has 0 radical (unpaired) electrons. The van der Waals surface area contributed by atoms with E-state index in [1.165, 1.54) is 0 Å². The van der Waals surface area contributed by atoms with Gasteiger partial charge in [-0.05, 0) is 137 Å². The van der Waals surface area contributed by atoms with Crippen molar-refractivity contribution in [1.82, 2.24) is 31.1 Å². The van der Waals surface area contributed by atoms with Crippen molar-refractivity contribution in [3.8, 4) is 0 Å². The minimum absolute atomic E-state index is 0.00160. The third-order valence-corrected chi connectivity index (χ3v) is 14.1. The van der Waals surface area contributed by atoms with Gasteiger partial charge < -0.3 is 31.1 Å². The summed E-state index contributed by atoms with van der Waals surface area (Å²) >= 11 is 0. The van der Waals surface area contributed by atoms with Crippen LogP contribution in [0.25, 0.3) is 0 Å². The second-order valence-corrected chi connectivity index (χ2v) is 25.4. The number of carbonyl (C=O) groups is 6. The molecule has 2 heterocycles. The fraction of sp³-hybridized carbons (Fsp3) is 0.889. The van der Waals surface area contributed by atoms with Gasteiger partial charge in [-0.15, -0.1) is 0 Å².